The predicted octanol–water partition coefficient (Wildman–Crippen LogP) is -1.79. The molecule has 10 heteroatoms. The minimum atomic E-state index is -2.42. The first-order valence-corrected chi connectivity index (χ1v) is 9.54. The van der Waals surface area contributed by atoms with E-state index in [1.165, 1.54) is 24.3 Å². The Balaban J connectivity index is 2.04. The summed E-state index contributed by atoms with van der Waals surface area (Å²) in [7, 11) is 0. The van der Waals surface area contributed by atoms with E-state index >= 15 is 0 Å². The molecule has 0 spiro atoms. The quantitative estimate of drug-likeness (QED) is 0.274. The lowest BCUT2D eigenvalue weighted by molar-refractivity contribution is -0.265. The molecule has 1 aliphatic carbocycles. The third-order valence-corrected chi connectivity index (χ3v) is 5.98. The Bertz CT molecular complexity index is 1040. The monoisotopic (exact) mass is 434 g/mol. The lowest BCUT2D eigenvalue weighted by Crippen LogP contribution is -2.65. The summed E-state index contributed by atoms with van der Waals surface area (Å²) < 4.78 is 5.58. The van der Waals surface area contributed by atoms with Gasteiger partial charge < -0.3 is 45.6 Å². The molecular formula is C21H22O10. The van der Waals surface area contributed by atoms with Gasteiger partial charge in [-0.25, -0.2) is 0 Å². The van der Waals surface area contributed by atoms with E-state index in [-0.39, 0.29) is 27.8 Å². The van der Waals surface area contributed by atoms with E-state index in [0.717, 1.165) is 6.07 Å². The molecule has 0 radical (unpaired) electrons. The maximum absolute atomic E-state index is 13.1. The van der Waals surface area contributed by atoms with Gasteiger partial charge in [0.25, 0.3) is 0 Å². The van der Waals surface area contributed by atoms with Gasteiger partial charge >= 0.3 is 0 Å². The Morgan fingerprint density at radius 3 is 2.23 bits per heavy atom. The van der Waals surface area contributed by atoms with Crippen molar-refractivity contribution in [1.29, 1.82) is 0 Å². The third-order valence-electron chi connectivity index (χ3n) is 5.98. The molecule has 2 aromatic rings. The minimum Gasteiger partial charge on any atom is -0.507 e. The van der Waals surface area contributed by atoms with Crippen LogP contribution in [0.1, 0.15) is 32.6 Å². The van der Waals surface area contributed by atoms with Crippen molar-refractivity contribution in [3.8, 4) is 11.5 Å². The molecule has 10 nitrogen and oxygen atoms in total. The van der Waals surface area contributed by atoms with Crippen LogP contribution in [0.3, 0.4) is 0 Å². The highest BCUT2D eigenvalue weighted by atomic mass is 16.6. The van der Waals surface area contributed by atoms with Crippen LogP contribution in [0.4, 0.5) is 0 Å². The van der Waals surface area contributed by atoms with E-state index in [0.29, 0.717) is 0 Å². The van der Waals surface area contributed by atoms with Gasteiger partial charge in [-0.05, 0) is 23.8 Å². The van der Waals surface area contributed by atoms with Crippen LogP contribution in [0.2, 0.25) is 0 Å². The fraction of sp³-hybridized carbons (Fsp3) is 0.381. The van der Waals surface area contributed by atoms with Crippen LogP contribution in [0.5, 0.6) is 11.5 Å². The topological polar surface area (TPSA) is 188 Å². The molecule has 1 fully saturated rings. The molecule has 1 heterocycles. The van der Waals surface area contributed by atoms with Crippen molar-refractivity contribution in [2.45, 2.75) is 42.7 Å². The average molecular weight is 434 g/mol. The number of phenolic OH excluding ortho intramolecular Hbond substituents is 2. The van der Waals surface area contributed by atoms with Crippen LogP contribution < -0.4 is 0 Å². The second kappa shape index (κ2) is 7.53. The zero-order valence-electron chi connectivity index (χ0n) is 16.1. The van der Waals surface area contributed by atoms with Gasteiger partial charge in [0.05, 0.1) is 24.3 Å². The first-order valence-electron chi connectivity index (χ1n) is 9.54. The second-order valence-electron chi connectivity index (χ2n) is 7.74. The van der Waals surface area contributed by atoms with Crippen molar-refractivity contribution in [1.82, 2.24) is 0 Å². The Hall–Kier alpha value is -2.57. The number of aliphatic hydroxyl groups excluding tert-OH is 5. The second-order valence-corrected chi connectivity index (χ2v) is 7.74. The zero-order valence-corrected chi connectivity index (χ0v) is 16.1. The van der Waals surface area contributed by atoms with E-state index in [4.69, 9.17) is 4.74 Å². The fourth-order valence-corrected chi connectivity index (χ4v) is 4.44. The number of ether oxygens (including phenoxy) is 1. The molecule has 8 N–H and O–H groups in total. The Labute approximate surface area is 175 Å². The molecule has 0 unspecified atom stereocenters. The molecule has 6 atom stereocenters. The third kappa shape index (κ3) is 2.96. The van der Waals surface area contributed by atoms with Gasteiger partial charge in [0, 0.05) is 11.1 Å². The Morgan fingerprint density at radius 1 is 0.903 bits per heavy atom. The largest absolute Gasteiger partial charge is 0.507 e. The molecule has 0 aromatic heterocycles. The summed E-state index contributed by atoms with van der Waals surface area (Å²) in [6, 6.07) is 6.21. The van der Waals surface area contributed by atoms with Gasteiger partial charge in [-0.1, -0.05) is 12.1 Å². The summed E-state index contributed by atoms with van der Waals surface area (Å²) in [4.78, 5) is 13.1. The number of fused-ring (bicyclic) bond motifs is 2. The van der Waals surface area contributed by atoms with Crippen molar-refractivity contribution in [3.05, 3.63) is 58.1 Å². The number of phenols is 2. The molecular weight excluding hydrogens is 412 g/mol. The van der Waals surface area contributed by atoms with Gasteiger partial charge in [0.2, 0.25) is 5.78 Å². The van der Waals surface area contributed by atoms with Gasteiger partial charge in [-0.15, -0.1) is 0 Å². The molecule has 1 aliphatic heterocycles. The summed E-state index contributed by atoms with van der Waals surface area (Å²) in [5, 5.41) is 83.0. The molecule has 4 rings (SSSR count). The fourth-order valence-electron chi connectivity index (χ4n) is 4.44. The van der Waals surface area contributed by atoms with Crippen molar-refractivity contribution < 1.29 is 50.4 Å². The summed E-state index contributed by atoms with van der Waals surface area (Å²) in [6.45, 7) is -1.30. The number of ketones is 1. The van der Waals surface area contributed by atoms with Gasteiger partial charge in [-0.3, -0.25) is 4.79 Å². The molecule has 0 amide bonds. The summed E-state index contributed by atoms with van der Waals surface area (Å²) in [5.41, 5.74) is -3.43. The van der Waals surface area contributed by atoms with Crippen LogP contribution in [-0.4, -0.2) is 83.8 Å². The number of aliphatic hydroxyl groups is 6. The van der Waals surface area contributed by atoms with Gasteiger partial charge in [0.1, 0.15) is 47.6 Å². The maximum Gasteiger partial charge on any atom is 0.201 e. The van der Waals surface area contributed by atoms with E-state index in [9.17, 15) is 45.6 Å². The van der Waals surface area contributed by atoms with Gasteiger partial charge in [0.15, 0.2) is 0 Å². The highest BCUT2D eigenvalue weighted by molar-refractivity contribution is 6.16. The SMILES string of the molecule is O=C1c2c(O)cccc2[C@](O)([C@@H]2O[C@@H](CO)[C@@H](O)[C@H](O)[C@@H]2O)c2cc(CO)cc(O)c21. The Kier molecular flexibility index (Phi) is 5.26. The van der Waals surface area contributed by atoms with Crippen molar-refractivity contribution in [2.75, 3.05) is 6.61 Å². The molecule has 0 saturated carbocycles. The molecule has 0 bridgehead atoms. The first kappa shape index (κ1) is 21.7. The molecule has 2 aromatic carbocycles. The summed E-state index contributed by atoms with van der Waals surface area (Å²) >= 11 is 0. The van der Waals surface area contributed by atoms with E-state index in [1.54, 1.807) is 0 Å². The highest BCUT2D eigenvalue weighted by Gasteiger charge is 2.57. The molecule has 2 aliphatic rings. The van der Waals surface area contributed by atoms with Crippen LogP contribution in [0.15, 0.2) is 30.3 Å². The predicted molar refractivity (Wildman–Crippen MR) is 102 cm³/mol. The van der Waals surface area contributed by atoms with Crippen molar-refractivity contribution in [3.63, 3.8) is 0 Å². The van der Waals surface area contributed by atoms with Crippen LogP contribution in [0.25, 0.3) is 0 Å². The normalized spacial score (nSPS) is 32.5. The smallest absolute Gasteiger partial charge is 0.201 e. The number of carbonyl (C=O) groups is 1. The number of carbonyl (C=O) groups excluding carboxylic acids is 1. The van der Waals surface area contributed by atoms with E-state index < -0.39 is 66.6 Å². The molecule has 1 saturated heterocycles. The van der Waals surface area contributed by atoms with Crippen molar-refractivity contribution >= 4 is 5.78 Å². The molecule has 31 heavy (non-hydrogen) atoms. The van der Waals surface area contributed by atoms with E-state index in [2.05, 4.69) is 0 Å². The number of hydrogen-bond donors (Lipinski definition) is 8. The van der Waals surface area contributed by atoms with Crippen LogP contribution in [0, 0.1) is 0 Å². The first-order chi connectivity index (χ1) is 14.7. The van der Waals surface area contributed by atoms with Crippen LogP contribution in [-0.2, 0) is 16.9 Å². The van der Waals surface area contributed by atoms with Crippen LogP contribution >= 0.6 is 0 Å². The lowest BCUT2D eigenvalue weighted by atomic mass is 9.68. The number of aromatic hydroxyl groups is 2. The maximum atomic E-state index is 13.1. The molecule has 166 valence electrons. The summed E-state index contributed by atoms with van der Waals surface area (Å²) in [5.74, 6) is -1.88. The number of rotatable bonds is 3. The lowest BCUT2D eigenvalue weighted by Gasteiger charge is -2.49. The highest BCUT2D eigenvalue weighted by Crippen LogP contribution is 2.50. The number of hydrogen-bond acceptors (Lipinski definition) is 10. The standard InChI is InChI=1S/C21H22O10/c22-6-8-4-10-15(12(25)5-8)17(27)14-9(2-1-3-11(14)24)21(10,30)20-19(29)18(28)16(26)13(7-23)31-20/h1-5,13,16,18-20,22-26,28-30H,6-7H2/t13-,16+,18-,19-,20+,21+/m0/s1. The summed E-state index contributed by atoms with van der Waals surface area (Å²) in [6.07, 6.45) is -8.49. The van der Waals surface area contributed by atoms with E-state index in [1.807, 2.05) is 0 Å². The minimum absolute atomic E-state index is 0.135. The Morgan fingerprint density at radius 2 is 1.58 bits per heavy atom. The zero-order chi connectivity index (χ0) is 22.7. The number of benzene rings is 2. The van der Waals surface area contributed by atoms with Gasteiger partial charge in [-0.2, -0.15) is 0 Å². The van der Waals surface area contributed by atoms with Crippen molar-refractivity contribution in [2.24, 2.45) is 0 Å². The average Bonchev–Trinajstić information content (AvgIpc) is 2.75.